The van der Waals surface area contributed by atoms with Crippen LogP contribution in [0.25, 0.3) is 66.1 Å². The summed E-state index contributed by atoms with van der Waals surface area (Å²) in [4.78, 5) is 2.38. The van der Waals surface area contributed by atoms with Crippen molar-refractivity contribution < 1.29 is 4.42 Å². The normalized spacial score (nSPS) is 11.3. The highest BCUT2D eigenvalue weighted by atomic mass is 16.3. The zero-order chi connectivity index (χ0) is 31.9. The summed E-state index contributed by atoms with van der Waals surface area (Å²) in [5.74, 6) is 0. The Labute approximate surface area is 279 Å². The maximum absolute atomic E-state index is 6.61. The maximum atomic E-state index is 6.61. The molecule has 2 nitrogen and oxygen atoms in total. The van der Waals surface area contributed by atoms with Gasteiger partial charge in [0.25, 0.3) is 0 Å². The third-order valence-electron chi connectivity index (χ3n) is 9.27. The van der Waals surface area contributed by atoms with E-state index in [4.69, 9.17) is 4.42 Å². The lowest BCUT2D eigenvalue weighted by atomic mass is 9.99. The van der Waals surface area contributed by atoms with Gasteiger partial charge in [-0.15, -0.1) is 0 Å². The molecule has 48 heavy (non-hydrogen) atoms. The van der Waals surface area contributed by atoms with Gasteiger partial charge in [-0.05, 0) is 75.8 Å². The molecule has 9 aromatic rings. The molecule has 1 aromatic heterocycles. The largest absolute Gasteiger partial charge is 0.455 e. The monoisotopic (exact) mass is 613 g/mol. The molecule has 0 radical (unpaired) electrons. The Morgan fingerprint density at radius 3 is 1.29 bits per heavy atom. The van der Waals surface area contributed by atoms with Gasteiger partial charge in [0.15, 0.2) is 0 Å². The Balaban J connectivity index is 1.27. The van der Waals surface area contributed by atoms with Crippen LogP contribution in [0.5, 0.6) is 0 Å². The average molecular weight is 614 g/mol. The first-order valence-corrected chi connectivity index (χ1v) is 16.3. The van der Waals surface area contributed by atoms with E-state index in [1.807, 2.05) is 0 Å². The smallest absolute Gasteiger partial charge is 0.143 e. The van der Waals surface area contributed by atoms with Gasteiger partial charge in [0.1, 0.15) is 11.2 Å². The number of nitrogens with zero attached hydrogens (tertiary/aromatic N) is 1. The van der Waals surface area contributed by atoms with Crippen molar-refractivity contribution in [2.24, 2.45) is 0 Å². The molecule has 0 bridgehead atoms. The van der Waals surface area contributed by atoms with E-state index in [-0.39, 0.29) is 0 Å². The molecule has 0 aliphatic carbocycles. The second kappa shape index (κ2) is 11.8. The highest BCUT2D eigenvalue weighted by Gasteiger charge is 2.21. The van der Waals surface area contributed by atoms with Crippen LogP contribution in [-0.4, -0.2) is 0 Å². The zero-order valence-corrected chi connectivity index (χ0v) is 26.3. The van der Waals surface area contributed by atoms with Gasteiger partial charge in [-0.3, -0.25) is 0 Å². The molecule has 9 rings (SSSR count). The summed E-state index contributed by atoms with van der Waals surface area (Å²) in [5.41, 5.74) is 12.2. The summed E-state index contributed by atoms with van der Waals surface area (Å²) in [6.07, 6.45) is 0. The molecular weight excluding hydrogens is 583 g/mol. The lowest BCUT2D eigenvalue weighted by Crippen LogP contribution is -2.10. The molecule has 0 unspecified atom stereocenters. The molecule has 0 saturated carbocycles. The lowest BCUT2D eigenvalue weighted by Gasteiger charge is -2.27. The molecular formula is C46H31NO. The van der Waals surface area contributed by atoms with E-state index in [0.29, 0.717) is 0 Å². The van der Waals surface area contributed by atoms with Crippen molar-refractivity contribution in [3.8, 4) is 33.4 Å². The van der Waals surface area contributed by atoms with Gasteiger partial charge in [0.05, 0.1) is 5.69 Å². The molecule has 0 saturated heterocycles. The van der Waals surface area contributed by atoms with Crippen LogP contribution in [0.1, 0.15) is 0 Å². The van der Waals surface area contributed by atoms with E-state index in [1.54, 1.807) is 0 Å². The number of anilines is 3. The third-order valence-corrected chi connectivity index (χ3v) is 9.27. The molecule has 0 spiro atoms. The Morgan fingerprint density at radius 2 is 0.750 bits per heavy atom. The van der Waals surface area contributed by atoms with E-state index >= 15 is 0 Å². The van der Waals surface area contributed by atoms with Crippen molar-refractivity contribution in [1.29, 1.82) is 0 Å². The van der Waals surface area contributed by atoms with Crippen LogP contribution in [-0.2, 0) is 0 Å². The number of hydrogen-bond donors (Lipinski definition) is 0. The van der Waals surface area contributed by atoms with Gasteiger partial charge < -0.3 is 9.32 Å². The highest BCUT2D eigenvalue weighted by molar-refractivity contribution is 6.20. The van der Waals surface area contributed by atoms with Crippen LogP contribution in [0.3, 0.4) is 0 Å². The van der Waals surface area contributed by atoms with E-state index in [9.17, 15) is 0 Å². The van der Waals surface area contributed by atoms with Gasteiger partial charge >= 0.3 is 0 Å². The summed E-state index contributed by atoms with van der Waals surface area (Å²) in [6.45, 7) is 0. The lowest BCUT2D eigenvalue weighted by molar-refractivity contribution is 0.672. The molecule has 8 aromatic carbocycles. The average Bonchev–Trinajstić information content (AvgIpc) is 3.55. The van der Waals surface area contributed by atoms with Gasteiger partial charge in [-0.1, -0.05) is 146 Å². The van der Waals surface area contributed by atoms with Crippen LogP contribution in [0, 0.1) is 0 Å². The summed E-state index contributed by atoms with van der Waals surface area (Å²) in [7, 11) is 0. The quantitative estimate of drug-likeness (QED) is 0.185. The molecule has 0 fully saturated rings. The summed E-state index contributed by atoms with van der Waals surface area (Å²) in [5, 5.41) is 4.43. The van der Waals surface area contributed by atoms with Gasteiger partial charge in [-0.25, -0.2) is 0 Å². The Hall–Kier alpha value is -6.38. The molecule has 226 valence electrons. The summed E-state index contributed by atoms with van der Waals surface area (Å²) < 4.78 is 6.61. The Morgan fingerprint density at radius 1 is 0.312 bits per heavy atom. The number of hydrogen-bond acceptors (Lipinski definition) is 2. The molecule has 0 aliphatic heterocycles. The SMILES string of the molecule is c1ccc(-c2ccc(N(c3ccc(-c4ccccc4)cc3)c3cc4c5cc(-c6ccccc6)ccc5oc4c4ccccc34)cc2)cc1. The maximum Gasteiger partial charge on any atom is 0.143 e. The van der Waals surface area contributed by atoms with Crippen molar-refractivity contribution in [1.82, 2.24) is 0 Å². The Kier molecular flexibility index (Phi) is 6.84. The summed E-state index contributed by atoms with van der Waals surface area (Å²) >= 11 is 0. The summed E-state index contributed by atoms with van der Waals surface area (Å²) in [6, 6.07) is 66.9. The topological polar surface area (TPSA) is 16.4 Å². The minimum absolute atomic E-state index is 0.887. The minimum atomic E-state index is 0.887. The fourth-order valence-corrected chi connectivity index (χ4v) is 6.87. The van der Waals surface area contributed by atoms with E-state index < -0.39 is 0 Å². The van der Waals surface area contributed by atoms with Crippen LogP contribution >= 0.6 is 0 Å². The second-order valence-electron chi connectivity index (χ2n) is 12.2. The molecule has 0 atom stereocenters. The van der Waals surface area contributed by atoms with Crippen LogP contribution < -0.4 is 4.90 Å². The first kappa shape index (κ1) is 27.9. The van der Waals surface area contributed by atoms with Crippen molar-refractivity contribution >= 4 is 49.8 Å². The molecule has 0 N–H and O–H groups in total. The van der Waals surface area contributed by atoms with E-state index in [0.717, 1.165) is 49.8 Å². The number of furan rings is 1. The van der Waals surface area contributed by atoms with Crippen molar-refractivity contribution in [3.05, 3.63) is 188 Å². The predicted molar refractivity (Wildman–Crippen MR) is 202 cm³/mol. The van der Waals surface area contributed by atoms with E-state index in [2.05, 4.69) is 193 Å². The fraction of sp³-hybridized carbons (Fsp3) is 0. The zero-order valence-electron chi connectivity index (χ0n) is 26.3. The number of benzene rings is 8. The first-order chi connectivity index (χ1) is 23.8. The van der Waals surface area contributed by atoms with Crippen LogP contribution in [0.15, 0.2) is 192 Å². The van der Waals surface area contributed by atoms with E-state index in [1.165, 1.54) is 33.4 Å². The number of fused-ring (bicyclic) bond motifs is 5. The standard InChI is InChI=1S/C46H31NO/c1-4-12-32(13-5-1)35-20-25-38(26-21-35)47(39-27-22-36(23-28-39)33-14-6-2-7-15-33)44-31-43-42-30-37(34-16-8-3-9-17-34)24-29-45(42)48-46(43)41-19-11-10-18-40(41)44/h1-31H. The highest BCUT2D eigenvalue weighted by Crippen LogP contribution is 2.45. The molecule has 2 heteroatoms. The van der Waals surface area contributed by atoms with Crippen molar-refractivity contribution in [2.45, 2.75) is 0 Å². The Bertz CT molecular complexity index is 2430. The van der Waals surface area contributed by atoms with Crippen LogP contribution in [0.2, 0.25) is 0 Å². The van der Waals surface area contributed by atoms with Crippen molar-refractivity contribution in [2.75, 3.05) is 4.90 Å². The molecule has 0 amide bonds. The van der Waals surface area contributed by atoms with Crippen molar-refractivity contribution in [3.63, 3.8) is 0 Å². The van der Waals surface area contributed by atoms with Gasteiger partial charge in [0, 0.05) is 32.9 Å². The number of rotatable bonds is 6. The van der Waals surface area contributed by atoms with Gasteiger partial charge in [0.2, 0.25) is 0 Å². The minimum Gasteiger partial charge on any atom is -0.455 e. The fourth-order valence-electron chi connectivity index (χ4n) is 6.87. The molecule has 1 heterocycles. The van der Waals surface area contributed by atoms with Gasteiger partial charge in [-0.2, -0.15) is 0 Å². The second-order valence-corrected chi connectivity index (χ2v) is 12.2. The molecule has 0 aliphatic rings. The van der Waals surface area contributed by atoms with Crippen LogP contribution in [0.4, 0.5) is 17.1 Å². The third kappa shape index (κ3) is 4.92. The predicted octanol–water partition coefficient (Wildman–Crippen LogP) is 13.2. The first-order valence-electron chi connectivity index (χ1n) is 16.3.